The summed E-state index contributed by atoms with van der Waals surface area (Å²) in [5.41, 5.74) is 2.68. The highest BCUT2D eigenvalue weighted by atomic mass is 16.6. The molecule has 0 aliphatic rings. The van der Waals surface area contributed by atoms with Gasteiger partial charge in [0.1, 0.15) is 11.1 Å². The predicted octanol–water partition coefficient (Wildman–Crippen LogP) is 3.02. The van der Waals surface area contributed by atoms with Crippen LogP contribution in [0.1, 0.15) is 5.56 Å². The molecule has 3 aromatic rings. The summed E-state index contributed by atoms with van der Waals surface area (Å²) >= 11 is 0. The third-order valence-electron chi connectivity index (χ3n) is 3.92. The lowest BCUT2D eigenvalue weighted by molar-refractivity contribution is -0.383. The second kappa shape index (κ2) is 6.29. The van der Waals surface area contributed by atoms with Crippen molar-refractivity contribution in [2.75, 3.05) is 25.6 Å². The van der Waals surface area contributed by atoms with Gasteiger partial charge in [-0.15, -0.1) is 0 Å². The van der Waals surface area contributed by atoms with Crippen molar-refractivity contribution in [3.05, 3.63) is 46.0 Å². The van der Waals surface area contributed by atoms with Crippen molar-refractivity contribution in [3.63, 3.8) is 0 Å². The Kier molecular flexibility index (Phi) is 4.18. The Morgan fingerprint density at radius 3 is 2.79 bits per heavy atom. The molecule has 124 valence electrons. The molecule has 0 spiro atoms. The average molecular weight is 327 g/mol. The maximum atomic E-state index is 11.5. The highest BCUT2D eigenvalue weighted by Gasteiger charge is 2.20. The SMILES string of the molecule is COc1ccc2nc3c(C)ccc([N+](=O)[O-])c3c(NCCO)c2c1. The van der Waals surface area contributed by atoms with Crippen molar-refractivity contribution >= 4 is 33.2 Å². The number of hydrogen-bond donors (Lipinski definition) is 2. The van der Waals surface area contributed by atoms with E-state index < -0.39 is 4.92 Å². The van der Waals surface area contributed by atoms with Gasteiger partial charge in [-0.25, -0.2) is 4.98 Å². The summed E-state index contributed by atoms with van der Waals surface area (Å²) in [4.78, 5) is 15.7. The number of nitro benzene ring substituents is 1. The minimum atomic E-state index is -0.417. The van der Waals surface area contributed by atoms with Gasteiger partial charge >= 0.3 is 0 Å². The number of nitrogens with zero attached hydrogens (tertiary/aromatic N) is 2. The normalized spacial score (nSPS) is 11.0. The molecule has 0 amide bonds. The standard InChI is InChI=1S/C17H17N3O4/c1-10-3-6-14(20(22)23)15-16(10)19-13-5-4-11(24-2)9-12(13)17(15)18-7-8-21/h3-6,9,21H,7-8H2,1-2H3,(H,18,19). The quantitative estimate of drug-likeness (QED) is 0.425. The van der Waals surface area contributed by atoms with E-state index in [1.165, 1.54) is 6.07 Å². The summed E-state index contributed by atoms with van der Waals surface area (Å²) < 4.78 is 5.26. The topological polar surface area (TPSA) is 97.5 Å². The van der Waals surface area contributed by atoms with Crippen LogP contribution in [0.25, 0.3) is 21.8 Å². The minimum Gasteiger partial charge on any atom is -0.497 e. The first-order chi connectivity index (χ1) is 11.6. The molecule has 0 aliphatic carbocycles. The maximum absolute atomic E-state index is 11.5. The van der Waals surface area contributed by atoms with E-state index in [0.29, 0.717) is 33.2 Å². The van der Waals surface area contributed by atoms with Crippen LogP contribution in [0.2, 0.25) is 0 Å². The van der Waals surface area contributed by atoms with Gasteiger partial charge in [0.05, 0.1) is 35.4 Å². The molecular weight excluding hydrogens is 310 g/mol. The Hall–Kier alpha value is -2.93. The molecule has 1 aromatic heterocycles. The van der Waals surface area contributed by atoms with E-state index in [0.717, 1.165) is 5.56 Å². The second-order valence-corrected chi connectivity index (χ2v) is 5.40. The van der Waals surface area contributed by atoms with Crippen LogP contribution in [-0.4, -0.2) is 35.3 Å². The number of aliphatic hydroxyl groups is 1. The zero-order chi connectivity index (χ0) is 17.3. The van der Waals surface area contributed by atoms with Gasteiger partial charge in [-0.3, -0.25) is 10.1 Å². The molecule has 0 saturated carbocycles. The van der Waals surface area contributed by atoms with Crippen LogP contribution < -0.4 is 10.1 Å². The van der Waals surface area contributed by atoms with Crippen molar-refractivity contribution in [3.8, 4) is 5.75 Å². The molecule has 3 rings (SSSR count). The van der Waals surface area contributed by atoms with Gasteiger partial charge < -0.3 is 15.2 Å². The van der Waals surface area contributed by atoms with E-state index in [1.807, 2.05) is 13.0 Å². The molecule has 2 N–H and O–H groups in total. The third-order valence-corrected chi connectivity index (χ3v) is 3.92. The smallest absolute Gasteiger partial charge is 0.280 e. The van der Waals surface area contributed by atoms with Gasteiger partial charge in [-0.1, -0.05) is 6.07 Å². The van der Waals surface area contributed by atoms with Gasteiger partial charge in [0.25, 0.3) is 5.69 Å². The Balaban J connectivity index is 2.48. The number of ether oxygens (including phenoxy) is 1. The fourth-order valence-electron chi connectivity index (χ4n) is 2.79. The second-order valence-electron chi connectivity index (χ2n) is 5.40. The summed E-state index contributed by atoms with van der Waals surface area (Å²) in [5, 5.41) is 24.9. The van der Waals surface area contributed by atoms with Crippen LogP contribution >= 0.6 is 0 Å². The molecule has 7 heteroatoms. The third kappa shape index (κ3) is 2.59. The fraction of sp³-hybridized carbons (Fsp3) is 0.235. The molecule has 0 unspecified atom stereocenters. The number of hydrogen-bond acceptors (Lipinski definition) is 6. The first-order valence-electron chi connectivity index (χ1n) is 7.47. The fourth-order valence-corrected chi connectivity index (χ4v) is 2.79. The zero-order valence-electron chi connectivity index (χ0n) is 13.4. The highest BCUT2D eigenvalue weighted by Crippen LogP contribution is 2.39. The highest BCUT2D eigenvalue weighted by molar-refractivity contribution is 6.12. The number of fused-ring (bicyclic) bond motifs is 2. The first kappa shape index (κ1) is 15.9. The van der Waals surface area contributed by atoms with Gasteiger partial charge in [0, 0.05) is 18.0 Å². The molecule has 0 fully saturated rings. The van der Waals surface area contributed by atoms with Crippen LogP contribution in [0.3, 0.4) is 0 Å². The van der Waals surface area contributed by atoms with Crippen molar-refractivity contribution in [1.29, 1.82) is 0 Å². The number of rotatable bonds is 5. The van der Waals surface area contributed by atoms with Gasteiger partial charge in [-0.05, 0) is 30.7 Å². The number of anilines is 1. The number of benzene rings is 2. The summed E-state index contributed by atoms with van der Waals surface area (Å²) in [5.74, 6) is 0.631. The number of nitro groups is 1. The maximum Gasteiger partial charge on any atom is 0.280 e. The van der Waals surface area contributed by atoms with Crippen molar-refractivity contribution in [2.45, 2.75) is 6.92 Å². The molecule has 0 aliphatic heterocycles. The van der Waals surface area contributed by atoms with E-state index in [9.17, 15) is 10.1 Å². The number of pyridine rings is 1. The summed E-state index contributed by atoms with van der Waals surface area (Å²) in [7, 11) is 1.56. The molecule has 0 radical (unpaired) electrons. The van der Waals surface area contributed by atoms with Crippen LogP contribution in [0.4, 0.5) is 11.4 Å². The minimum absolute atomic E-state index is 0.0201. The molecule has 2 aromatic carbocycles. The largest absolute Gasteiger partial charge is 0.497 e. The Morgan fingerprint density at radius 1 is 1.33 bits per heavy atom. The Labute approximate surface area is 138 Å². The van der Waals surface area contributed by atoms with Gasteiger partial charge in [0.15, 0.2) is 0 Å². The zero-order valence-corrected chi connectivity index (χ0v) is 13.4. The van der Waals surface area contributed by atoms with Crippen LogP contribution in [0, 0.1) is 17.0 Å². The molecule has 1 heterocycles. The monoisotopic (exact) mass is 327 g/mol. The molecule has 0 atom stereocenters. The van der Waals surface area contributed by atoms with Gasteiger partial charge in [-0.2, -0.15) is 0 Å². The van der Waals surface area contributed by atoms with Crippen LogP contribution in [0.5, 0.6) is 5.75 Å². The number of methoxy groups -OCH3 is 1. The predicted molar refractivity (Wildman–Crippen MR) is 92.8 cm³/mol. The van der Waals surface area contributed by atoms with Crippen molar-refractivity contribution < 1.29 is 14.8 Å². The number of nitrogens with one attached hydrogen (secondary N) is 1. The molecule has 7 nitrogen and oxygen atoms in total. The average Bonchev–Trinajstić information content (AvgIpc) is 2.58. The summed E-state index contributed by atoms with van der Waals surface area (Å²) in [6.45, 7) is 2.05. The molecule has 0 saturated heterocycles. The van der Waals surface area contributed by atoms with E-state index in [4.69, 9.17) is 9.84 Å². The first-order valence-corrected chi connectivity index (χ1v) is 7.47. The van der Waals surface area contributed by atoms with E-state index in [-0.39, 0.29) is 18.8 Å². The lowest BCUT2D eigenvalue weighted by atomic mass is 10.0. The molecule has 24 heavy (non-hydrogen) atoms. The van der Waals surface area contributed by atoms with Crippen LogP contribution in [-0.2, 0) is 0 Å². The number of aryl methyl sites for hydroxylation is 1. The Morgan fingerprint density at radius 2 is 2.12 bits per heavy atom. The Bertz CT molecular complexity index is 940. The van der Waals surface area contributed by atoms with Crippen molar-refractivity contribution in [2.24, 2.45) is 0 Å². The number of aromatic nitrogens is 1. The van der Waals surface area contributed by atoms with Crippen LogP contribution in [0.15, 0.2) is 30.3 Å². The van der Waals surface area contributed by atoms with Crippen molar-refractivity contribution in [1.82, 2.24) is 4.98 Å². The van der Waals surface area contributed by atoms with E-state index >= 15 is 0 Å². The lowest BCUT2D eigenvalue weighted by Gasteiger charge is -2.14. The number of aliphatic hydroxyl groups excluding tert-OH is 1. The summed E-state index contributed by atoms with van der Waals surface area (Å²) in [6, 6.07) is 8.57. The summed E-state index contributed by atoms with van der Waals surface area (Å²) in [6.07, 6.45) is 0. The van der Waals surface area contributed by atoms with E-state index in [1.54, 1.807) is 25.3 Å². The lowest BCUT2D eigenvalue weighted by Crippen LogP contribution is -2.08. The number of non-ortho nitro benzene ring substituents is 1. The molecule has 0 bridgehead atoms. The van der Waals surface area contributed by atoms with E-state index in [2.05, 4.69) is 10.3 Å². The molecular formula is C17H17N3O4. The van der Waals surface area contributed by atoms with Gasteiger partial charge in [0.2, 0.25) is 0 Å².